The Balaban J connectivity index is 1.55. The molecule has 5 nitrogen and oxygen atoms in total. The van der Waals surface area contributed by atoms with E-state index in [9.17, 15) is 4.79 Å². The van der Waals surface area contributed by atoms with Crippen molar-refractivity contribution in [2.45, 2.75) is 52.1 Å². The van der Waals surface area contributed by atoms with Crippen molar-refractivity contribution in [3.8, 4) is 0 Å². The first kappa shape index (κ1) is 17.8. The maximum Gasteiger partial charge on any atom is 0.315 e. The fourth-order valence-corrected chi connectivity index (χ4v) is 3.71. The van der Waals surface area contributed by atoms with Gasteiger partial charge < -0.3 is 20.0 Å². The second-order valence-electron chi connectivity index (χ2n) is 7.04. The van der Waals surface area contributed by atoms with Gasteiger partial charge in [-0.05, 0) is 45.7 Å². The third kappa shape index (κ3) is 4.15. The molecule has 0 spiro atoms. The van der Waals surface area contributed by atoms with Crippen LogP contribution in [0.15, 0.2) is 28.7 Å². The lowest BCUT2D eigenvalue weighted by Gasteiger charge is -2.32. The lowest BCUT2D eigenvalue weighted by Crippen LogP contribution is -2.48. The number of hydrogen-bond acceptors (Lipinski definition) is 3. The van der Waals surface area contributed by atoms with Crippen LogP contribution in [0.25, 0.3) is 11.0 Å². The molecular formula is C20H29N3O2. The summed E-state index contributed by atoms with van der Waals surface area (Å²) in [4.78, 5) is 14.8. The fourth-order valence-electron chi connectivity index (χ4n) is 3.71. The number of hydrogen-bond donors (Lipinski definition) is 2. The largest absolute Gasteiger partial charge is 0.459 e. The predicted molar refractivity (Wildman–Crippen MR) is 101 cm³/mol. The van der Waals surface area contributed by atoms with E-state index in [2.05, 4.69) is 28.5 Å². The first-order valence-corrected chi connectivity index (χ1v) is 9.36. The molecule has 1 atom stereocenters. The van der Waals surface area contributed by atoms with E-state index in [0.717, 1.165) is 54.8 Å². The Kier molecular flexibility index (Phi) is 5.63. The second kappa shape index (κ2) is 7.91. The molecule has 1 aromatic carbocycles. The minimum atomic E-state index is -0.160. The highest BCUT2D eigenvalue weighted by atomic mass is 16.3. The van der Waals surface area contributed by atoms with Gasteiger partial charge in [-0.15, -0.1) is 0 Å². The van der Waals surface area contributed by atoms with Gasteiger partial charge in [0.2, 0.25) is 0 Å². The van der Waals surface area contributed by atoms with Gasteiger partial charge in [-0.25, -0.2) is 4.79 Å². The standard InChI is InChI=1S/C20H29N3O2/c1-4-11-23-12-9-16(10-13-23)22-20(24)21-15(3)19-14(2)17-7-5-6-8-18(17)25-19/h5-8,15-16H,4,9-13H2,1-3H3,(H2,21,22,24)/t15-/m0/s1. The molecule has 0 saturated carbocycles. The number of urea groups is 1. The Labute approximate surface area is 149 Å². The fraction of sp³-hybridized carbons (Fsp3) is 0.550. The third-order valence-electron chi connectivity index (χ3n) is 5.08. The maximum absolute atomic E-state index is 12.4. The molecule has 1 aromatic heterocycles. The van der Waals surface area contributed by atoms with Crippen molar-refractivity contribution in [3.05, 3.63) is 35.6 Å². The van der Waals surface area contributed by atoms with E-state index in [1.165, 1.54) is 6.42 Å². The maximum atomic E-state index is 12.4. The number of aryl methyl sites for hydroxylation is 1. The van der Waals surface area contributed by atoms with Crippen molar-refractivity contribution in [1.82, 2.24) is 15.5 Å². The summed E-state index contributed by atoms with van der Waals surface area (Å²) >= 11 is 0. The van der Waals surface area contributed by atoms with Crippen molar-refractivity contribution in [2.75, 3.05) is 19.6 Å². The van der Waals surface area contributed by atoms with Crippen LogP contribution in [0.2, 0.25) is 0 Å². The van der Waals surface area contributed by atoms with Crippen LogP contribution in [-0.2, 0) is 0 Å². The van der Waals surface area contributed by atoms with Gasteiger partial charge in [0.15, 0.2) is 0 Å². The molecule has 1 aliphatic rings. The number of carbonyl (C=O) groups is 1. The number of nitrogens with one attached hydrogen (secondary N) is 2. The van der Waals surface area contributed by atoms with E-state index >= 15 is 0 Å². The van der Waals surface area contributed by atoms with E-state index in [-0.39, 0.29) is 18.1 Å². The quantitative estimate of drug-likeness (QED) is 0.863. The van der Waals surface area contributed by atoms with Crippen molar-refractivity contribution in [2.24, 2.45) is 0 Å². The van der Waals surface area contributed by atoms with Gasteiger partial charge in [0.25, 0.3) is 0 Å². The molecule has 136 valence electrons. The summed E-state index contributed by atoms with van der Waals surface area (Å²) in [5.41, 5.74) is 1.96. The number of carbonyl (C=O) groups excluding carboxylic acids is 1. The van der Waals surface area contributed by atoms with Crippen molar-refractivity contribution in [3.63, 3.8) is 0 Å². The number of furan rings is 1. The van der Waals surface area contributed by atoms with Crippen LogP contribution < -0.4 is 10.6 Å². The molecule has 2 amide bonds. The van der Waals surface area contributed by atoms with Gasteiger partial charge in [0.05, 0.1) is 6.04 Å². The molecule has 2 aromatic rings. The molecule has 1 aliphatic heterocycles. The molecule has 0 unspecified atom stereocenters. The second-order valence-corrected chi connectivity index (χ2v) is 7.04. The predicted octanol–water partition coefficient (Wildman–Crippen LogP) is 3.98. The van der Waals surface area contributed by atoms with Crippen LogP contribution in [0, 0.1) is 6.92 Å². The van der Waals surface area contributed by atoms with E-state index in [1.807, 2.05) is 32.0 Å². The van der Waals surface area contributed by atoms with Crippen molar-refractivity contribution >= 4 is 17.0 Å². The number of benzene rings is 1. The molecule has 0 aliphatic carbocycles. The Morgan fingerprint density at radius 2 is 2.04 bits per heavy atom. The lowest BCUT2D eigenvalue weighted by atomic mass is 10.1. The van der Waals surface area contributed by atoms with Crippen LogP contribution in [-0.4, -0.2) is 36.6 Å². The minimum Gasteiger partial charge on any atom is -0.459 e. The summed E-state index contributed by atoms with van der Waals surface area (Å²) in [6, 6.07) is 7.97. The van der Waals surface area contributed by atoms with E-state index in [0.29, 0.717) is 0 Å². The zero-order chi connectivity index (χ0) is 17.8. The first-order chi connectivity index (χ1) is 12.1. The normalized spacial score (nSPS) is 17.6. The minimum absolute atomic E-state index is 0.110. The zero-order valence-electron chi connectivity index (χ0n) is 15.5. The number of amides is 2. The van der Waals surface area contributed by atoms with Gasteiger partial charge in [-0.1, -0.05) is 25.1 Å². The lowest BCUT2D eigenvalue weighted by molar-refractivity contribution is 0.191. The summed E-state index contributed by atoms with van der Waals surface area (Å²) in [7, 11) is 0. The first-order valence-electron chi connectivity index (χ1n) is 9.36. The average molecular weight is 343 g/mol. The van der Waals surface area contributed by atoms with Crippen LogP contribution >= 0.6 is 0 Å². The Morgan fingerprint density at radius 3 is 2.72 bits per heavy atom. The van der Waals surface area contributed by atoms with Crippen LogP contribution in [0.1, 0.15) is 50.5 Å². The van der Waals surface area contributed by atoms with Crippen molar-refractivity contribution < 1.29 is 9.21 Å². The zero-order valence-corrected chi connectivity index (χ0v) is 15.5. The Bertz CT molecular complexity index is 717. The van der Waals surface area contributed by atoms with Gasteiger partial charge in [0.1, 0.15) is 11.3 Å². The molecule has 0 bridgehead atoms. The number of nitrogens with zero attached hydrogens (tertiary/aromatic N) is 1. The van der Waals surface area contributed by atoms with Gasteiger partial charge >= 0.3 is 6.03 Å². The van der Waals surface area contributed by atoms with Crippen molar-refractivity contribution in [1.29, 1.82) is 0 Å². The highest BCUT2D eigenvalue weighted by Crippen LogP contribution is 2.29. The van der Waals surface area contributed by atoms with Gasteiger partial charge in [-0.3, -0.25) is 0 Å². The topological polar surface area (TPSA) is 57.5 Å². The third-order valence-corrected chi connectivity index (χ3v) is 5.08. The molecule has 2 N–H and O–H groups in total. The summed E-state index contributed by atoms with van der Waals surface area (Å²) in [5.74, 6) is 0.828. The summed E-state index contributed by atoms with van der Waals surface area (Å²) in [5, 5.41) is 7.25. The summed E-state index contributed by atoms with van der Waals surface area (Å²) in [6.07, 6.45) is 3.23. The molecule has 5 heteroatoms. The summed E-state index contributed by atoms with van der Waals surface area (Å²) < 4.78 is 5.94. The van der Waals surface area contributed by atoms with Gasteiger partial charge in [-0.2, -0.15) is 0 Å². The Hall–Kier alpha value is -2.01. The average Bonchev–Trinajstić information content (AvgIpc) is 2.94. The molecule has 2 heterocycles. The summed E-state index contributed by atoms with van der Waals surface area (Å²) in [6.45, 7) is 9.50. The smallest absolute Gasteiger partial charge is 0.315 e. The van der Waals surface area contributed by atoms with Crippen LogP contribution in [0.5, 0.6) is 0 Å². The van der Waals surface area contributed by atoms with E-state index in [4.69, 9.17) is 4.42 Å². The SMILES string of the molecule is CCCN1CCC(NC(=O)N[C@@H](C)c2oc3ccccc3c2C)CC1. The highest BCUT2D eigenvalue weighted by molar-refractivity contribution is 5.82. The molecule has 0 radical (unpaired) electrons. The molecular weight excluding hydrogens is 314 g/mol. The number of likely N-dealkylation sites (tertiary alicyclic amines) is 1. The number of fused-ring (bicyclic) bond motifs is 1. The molecule has 1 fully saturated rings. The van der Waals surface area contributed by atoms with E-state index in [1.54, 1.807) is 0 Å². The Morgan fingerprint density at radius 1 is 1.32 bits per heavy atom. The number of piperidine rings is 1. The number of para-hydroxylation sites is 1. The molecule has 3 rings (SSSR count). The van der Waals surface area contributed by atoms with Gasteiger partial charge in [0, 0.05) is 30.1 Å². The monoisotopic (exact) mass is 343 g/mol. The number of rotatable bonds is 5. The molecule has 25 heavy (non-hydrogen) atoms. The molecule has 1 saturated heterocycles. The van der Waals surface area contributed by atoms with Crippen LogP contribution in [0.4, 0.5) is 4.79 Å². The van der Waals surface area contributed by atoms with E-state index < -0.39 is 0 Å². The van der Waals surface area contributed by atoms with Crippen LogP contribution in [0.3, 0.4) is 0 Å². The highest BCUT2D eigenvalue weighted by Gasteiger charge is 2.22.